The maximum absolute atomic E-state index is 11.5. The fraction of sp³-hybridized carbons (Fsp3) is 0.467. The van der Waals surface area contributed by atoms with Gasteiger partial charge in [0.25, 0.3) is 0 Å². The number of nitrogens with one attached hydrogen (secondary N) is 2. The second kappa shape index (κ2) is 10.1. The van der Waals surface area contributed by atoms with E-state index in [2.05, 4.69) is 10.6 Å². The number of carbonyl (C=O) groups is 1. The van der Waals surface area contributed by atoms with Crippen molar-refractivity contribution in [3.05, 3.63) is 29.8 Å². The fourth-order valence-electron chi connectivity index (χ4n) is 1.60. The first-order chi connectivity index (χ1) is 10.2. The van der Waals surface area contributed by atoms with Crippen LogP contribution in [0.15, 0.2) is 24.3 Å². The quantitative estimate of drug-likeness (QED) is 0.437. The summed E-state index contributed by atoms with van der Waals surface area (Å²) >= 11 is 5.19. The molecule has 0 aromatic heterocycles. The lowest BCUT2D eigenvalue weighted by Gasteiger charge is -2.11. The van der Waals surface area contributed by atoms with Crippen molar-refractivity contribution >= 4 is 29.0 Å². The Kier molecular flexibility index (Phi) is 8.38. The van der Waals surface area contributed by atoms with Crippen molar-refractivity contribution in [1.29, 1.82) is 0 Å². The summed E-state index contributed by atoms with van der Waals surface area (Å²) in [7, 11) is 0. The van der Waals surface area contributed by atoms with Gasteiger partial charge in [-0.05, 0) is 56.8 Å². The lowest BCUT2D eigenvalue weighted by atomic mass is 10.2. The molecule has 116 valence electrons. The van der Waals surface area contributed by atoms with Crippen LogP contribution in [0, 0.1) is 0 Å². The van der Waals surface area contributed by atoms with Gasteiger partial charge in [0, 0.05) is 25.4 Å². The van der Waals surface area contributed by atoms with Crippen molar-refractivity contribution in [2.24, 2.45) is 0 Å². The number of anilines is 1. The average Bonchev–Trinajstić information content (AvgIpc) is 2.48. The van der Waals surface area contributed by atoms with E-state index in [4.69, 9.17) is 21.7 Å². The summed E-state index contributed by atoms with van der Waals surface area (Å²) in [5.41, 5.74) is 1.35. The normalized spacial score (nSPS) is 10.0. The number of ether oxygens (including phenoxy) is 2. The molecular formula is C15H22N2O3S. The SMILES string of the molecule is CCOCCCNC(=S)Nc1ccc(C(=O)OCC)cc1. The largest absolute Gasteiger partial charge is 0.462 e. The molecule has 5 nitrogen and oxygen atoms in total. The molecule has 0 saturated carbocycles. The highest BCUT2D eigenvalue weighted by atomic mass is 32.1. The number of rotatable bonds is 8. The van der Waals surface area contributed by atoms with Gasteiger partial charge in [-0.1, -0.05) is 0 Å². The van der Waals surface area contributed by atoms with Gasteiger partial charge in [-0.2, -0.15) is 0 Å². The predicted molar refractivity (Wildman–Crippen MR) is 87.7 cm³/mol. The molecule has 1 rings (SSSR count). The van der Waals surface area contributed by atoms with Crippen LogP contribution in [0.5, 0.6) is 0 Å². The van der Waals surface area contributed by atoms with E-state index in [1.807, 2.05) is 6.92 Å². The van der Waals surface area contributed by atoms with Crippen LogP contribution in [-0.4, -0.2) is 37.4 Å². The zero-order chi connectivity index (χ0) is 15.5. The first-order valence-corrected chi connectivity index (χ1v) is 7.48. The zero-order valence-corrected chi connectivity index (χ0v) is 13.3. The first kappa shape index (κ1) is 17.4. The van der Waals surface area contributed by atoms with Gasteiger partial charge in [0.1, 0.15) is 0 Å². The second-order valence-electron chi connectivity index (χ2n) is 4.23. The highest BCUT2D eigenvalue weighted by molar-refractivity contribution is 7.80. The first-order valence-electron chi connectivity index (χ1n) is 7.07. The highest BCUT2D eigenvalue weighted by Crippen LogP contribution is 2.10. The molecule has 0 aliphatic heterocycles. The standard InChI is InChI=1S/C15H22N2O3S/c1-3-19-11-5-10-16-15(21)17-13-8-6-12(7-9-13)14(18)20-4-2/h6-9H,3-5,10-11H2,1-2H3,(H2,16,17,21). The molecule has 0 aliphatic carbocycles. The molecule has 1 aromatic carbocycles. The summed E-state index contributed by atoms with van der Waals surface area (Å²) in [4.78, 5) is 11.5. The van der Waals surface area contributed by atoms with Gasteiger partial charge in [-0.15, -0.1) is 0 Å². The molecule has 1 aromatic rings. The Morgan fingerprint density at radius 3 is 2.52 bits per heavy atom. The topological polar surface area (TPSA) is 59.6 Å². The summed E-state index contributed by atoms with van der Waals surface area (Å²) in [5.74, 6) is -0.319. The van der Waals surface area contributed by atoms with E-state index < -0.39 is 0 Å². The van der Waals surface area contributed by atoms with Crippen LogP contribution in [0.2, 0.25) is 0 Å². The Morgan fingerprint density at radius 1 is 1.19 bits per heavy atom. The summed E-state index contributed by atoms with van der Waals surface area (Å²) < 4.78 is 10.2. The molecule has 0 spiro atoms. The highest BCUT2D eigenvalue weighted by Gasteiger charge is 2.05. The predicted octanol–water partition coefficient (Wildman–Crippen LogP) is 2.58. The molecule has 2 N–H and O–H groups in total. The molecule has 0 amide bonds. The van der Waals surface area contributed by atoms with Crippen LogP contribution >= 0.6 is 12.2 Å². The third kappa shape index (κ3) is 7.06. The third-order valence-electron chi connectivity index (χ3n) is 2.61. The van der Waals surface area contributed by atoms with E-state index in [9.17, 15) is 4.79 Å². The van der Waals surface area contributed by atoms with Gasteiger partial charge in [-0.3, -0.25) is 0 Å². The molecule has 0 radical (unpaired) electrons. The van der Waals surface area contributed by atoms with Crippen molar-refractivity contribution in [1.82, 2.24) is 5.32 Å². The molecule has 0 bridgehead atoms. The Morgan fingerprint density at radius 2 is 1.90 bits per heavy atom. The molecule has 21 heavy (non-hydrogen) atoms. The van der Waals surface area contributed by atoms with Gasteiger partial charge in [0.05, 0.1) is 12.2 Å². The molecule has 0 heterocycles. The number of benzene rings is 1. The maximum Gasteiger partial charge on any atom is 0.338 e. The summed E-state index contributed by atoms with van der Waals surface area (Å²) in [5, 5.41) is 6.71. The lowest BCUT2D eigenvalue weighted by molar-refractivity contribution is 0.0526. The van der Waals surface area contributed by atoms with Crippen LogP contribution in [0.1, 0.15) is 30.6 Å². The minimum Gasteiger partial charge on any atom is -0.462 e. The zero-order valence-electron chi connectivity index (χ0n) is 12.5. The second-order valence-corrected chi connectivity index (χ2v) is 4.64. The molecule has 0 saturated heterocycles. The number of hydrogen-bond donors (Lipinski definition) is 2. The van der Waals surface area contributed by atoms with Crippen LogP contribution in [-0.2, 0) is 9.47 Å². The summed E-state index contributed by atoms with van der Waals surface area (Å²) in [6.07, 6.45) is 0.900. The van der Waals surface area contributed by atoms with Gasteiger partial charge >= 0.3 is 5.97 Å². The summed E-state index contributed by atoms with van der Waals surface area (Å²) in [6.45, 7) is 6.33. The van der Waals surface area contributed by atoms with Crippen molar-refractivity contribution < 1.29 is 14.3 Å². The molecular weight excluding hydrogens is 288 g/mol. The van der Waals surface area contributed by atoms with Crippen LogP contribution < -0.4 is 10.6 Å². The van der Waals surface area contributed by atoms with E-state index in [0.29, 0.717) is 17.3 Å². The number of esters is 1. The molecule has 0 atom stereocenters. The number of carbonyl (C=O) groups excluding carboxylic acids is 1. The Labute approximate surface area is 131 Å². The maximum atomic E-state index is 11.5. The monoisotopic (exact) mass is 310 g/mol. The van der Waals surface area contributed by atoms with E-state index in [1.54, 1.807) is 31.2 Å². The average molecular weight is 310 g/mol. The van der Waals surface area contributed by atoms with Gasteiger partial charge in [-0.25, -0.2) is 4.79 Å². The van der Waals surface area contributed by atoms with Gasteiger partial charge in [0.2, 0.25) is 0 Å². The van der Waals surface area contributed by atoms with E-state index in [0.717, 1.165) is 31.9 Å². The molecule has 6 heteroatoms. The van der Waals surface area contributed by atoms with Gasteiger partial charge in [0.15, 0.2) is 5.11 Å². The Bertz CT molecular complexity index is 449. The minimum atomic E-state index is -0.319. The smallest absolute Gasteiger partial charge is 0.338 e. The van der Waals surface area contributed by atoms with Crippen molar-refractivity contribution in [3.8, 4) is 0 Å². The Hall–Kier alpha value is -1.66. The van der Waals surface area contributed by atoms with E-state index in [-0.39, 0.29) is 5.97 Å². The lowest BCUT2D eigenvalue weighted by Crippen LogP contribution is -2.29. The van der Waals surface area contributed by atoms with Crippen LogP contribution in [0.4, 0.5) is 5.69 Å². The fourth-order valence-corrected chi connectivity index (χ4v) is 1.82. The number of hydrogen-bond acceptors (Lipinski definition) is 4. The van der Waals surface area contributed by atoms with E-state index >= 15 is 0 Å². The molecule has 0 unspecified atom stereocenters. The van der Waals surface area contributed by atoms with Gasteiger partial charge < -0.3 is 20.1 Å². The Balaban J connectivity index is 2.34. The molecule has 0 fully saturated rings. The van der Waals surface area contributed by atoms with Crippen molar-refractivity contribution in [2.45, 2.75) is 20.3 Å². The molecule has 0 aliphatic rings. The van der Waals surface area contributed by atoms with Crippen molar-refractivity contribution in [3.63, 3.8) is 0 Å². The van der Waals surface area contributed by atoms with Crippen LogP contribution in [0.3, 0.4) is 0 Å². The van der Waals surface area contributed by atoms with Crippen molar-refractivity contribution in [2.75, 3.05) is 31.7 Å². The minimum absolute atomic E-state index is 0.319. The van der Waals surface area contributed by atoms with E-state index in [1.165, 1.54) is 0 Å². The third-order valence-corrected chi connectivity index (χ3v) is 2.86. The van der Waals surface area contributed by atoms with Crippen LogP contribution in [0.25, 0.3) is 0 Å². The summed E-state index contributed by atoms with van der Waals surface area (Å²) in [6, 6.07) is 7.00. The number of thiocarbonyl (C=S) groups is 1.